The number of halogens is 1. The van der Waals surface area contributed by atoms with E-state index in [1.807, 2.05) is 115 Å². The third-order valence-electron chi connectivity index (χ3n) is 7.47. The van der Waals surface area contributed by atoms with Gasteiger partial charge >= 0.3 is 0 Å². The predicted molar refractivity (Wildman–Crippen MR) is 199 cm³/mol. The number of nitrogens with one attached hydrogen (secondary N) is 3. The zero-order valence-electron chi connectivity index (χ0n) is 25.6. The zero-order valence-corrected chi connectivity index (χ0v) is 28.0. The first-order chi connectivity index (χ1) is 23.4. The van der Waals surface area contributed by atoms with Crippen molar-refractivity contribution in [2.24, 2.45) is 0 Å². The molecule has 0 saturated carbocycles. The summed E-state index contributed by atoms with van der Waals surface area (Å²) in [5.74, 6) is -1.01. The van der Waals surface area contributed by atoms with E-state index in [0.717, 1.165) is 31.3 Å². The van der Waals surface area contributed by atoms with Gasteiger partial charge < -0.3 is 16.0 Å². The lowest BCUT2D eigenvalue weighted by atomic mass is 10.0. The third kappa shape index (κ3) is 8.28. The van der Waals surface area contributed by atoms with Gasteiger partial charge in [0.15, 0.2) is 0 Å². The maximum atomic E-state index is 13.7. The molecule has 0 aromatic heterocycles. The van der Waals surface area contributed by atoms with Crippen molar-refractivity contribution in [1.82, 2.24) is 5.32 Å². The molecule has 0 radical (unpaired) electrons. The lowest BCUT2D eigenvalue weighted by Crippen LogP contribution is -2.30. The van der Waals surface area contributed by atoms with Gasteiger partial charge in [0.1, 0.15) is 10.9 Å². The van der Waals surface area contributed by atoms with E-state index >= 15 is 0 Å². The van der Waals surface area contributed by atoms with Crippen molar-refractivity contribution in [3.05, 3.63) is 179 Å². The number of rotatable bonds is 10. The summed E-state index contributed by atoms with van der Waals surface area (Å²) in [4.78, 5) is 41.2. The molecule has 0 aliphatic rings. The minimum atomic E-state index is -0.515. The van der Waals surface area contributed by atoms with Crippen LogP contribution in [0, 0.1) is 0 Å². The Labute approximate surface area is 291 Å². The number of carbonyl (C=O) groups is 3. The minimum absolute atomic E-state index is 0.104. The first-order valence-corrected chi connectivity index (χ1v) is 16.9. The first-order valence-electron chi connectivity index (χ1n) is 15.2. The largest absolute Gasteiger partial charge is 0.325 e. The summed E-state index contributed by atoms with van der Waals surface area (Å²) >= 11 is 4.84. The van der Waals surface area contributed by atoms with E-state index in [4.69, 9.17) is 0 Å². The van der Waals surface area contributed by atoms with Crippen LogP contribution < -0.4 is 16.0 Å². The summed E-state index contributed by atoms with van der Waals surface area (Å²) in [6.45, 7) is 0. The Hall–Kier alpha value is -5.44. The molecule has 0 spiro atoms. The normalized spacial score (nSPS) is 11.8. The average Bonchev–Trinajstić information content (AvgIpc) is 3.12. The number of fused-ring (bicyclic) bond motifs is 1. The fourth-order valence-electron chi connectivity index (χ4n) is 5.07. The van der Waals surface area contributed by atoms with Gasteiger partial charge in [-0.15, -0.1) is 11.8 Å². The maximum Gasteiger partial charge on any atom is 0.272 e. The third-order valence-corrected chi connectivity index (χ3v) is 9.27. The molecule has 0 heterocycles. The Bertz CT molecular complexity index is 2080. The molecule has 3 amide bonds. The van der Waals surface area contributed by atoms with E-state index in [1.165, 1.54) is 11.8 Å². The van der Waals surface area contributed by atoms with Crippen LogP contribution in [0.4, 0.5) is 11.4 Å². The number of amides is 3. The van der Waals surface area contributed by atoms with Gasteiger partial charge in [-0.25, -0.2) is 0 Å². The summed E-state index contributed by atoms with van der Waals surface area (Å²) in [6.07, 6.45) is 1.69. The molecular formula is C40H30BrN3O3S. The second-order valence-corrected chi connectivity index (χ2v) is 12.9. The van der Waals surface area contributed by atoms with Crippen LogP contribution in [0.25, 0.3) is 16.8 Å². The highest BCUT2D eigenvalue weighted by molar-refractivity contribution is 9.10. The Morgan fingerprint density at radius 1 is 0.625 bits per heavy atom. The molecule has 6 aromatic rings. The van der Waals surface area contributed by atoms with Crippen molar-refractivity contribution in [1.29, 1.82) is 0 Å². The fraction of sp³-hybridized carbons (Fsp3) is 0.0250. The van der Waals surface area contributed by atoms with Gasteiger partial charge in [0.05, 0.1) is 0 Å². The standard InChI is InChI=1S/C40H30BrN3O3S/c41-31-18-20-32(21-19-31)43-40(47)37(28-11-3-1-4-12-28)48-34-24-22-33(23-25-34)42-39(46)36(44-38(45)29-13-5-2-6-14-29)26-30-16-9-15-27-10-7-8-17-35(27)30/h1-26,37H,(H,42,46)(H,43,47)(H,44,45)/b36-26-. The SMILES string of the molecule is O=C(Nc1ccc(SC(C(=O)Nc2ccc(Br)cc2)c2ccccc2)cc1)/C(=C/c1cccc2ccccc12)NC(=O)c1ccccc1. The van der Waals surface area contributed by atoms with E-state index in [9.17, 15) is 14.4 Å². The van der Waals surface area contributed by atoms with E-state index < -0.39 is 17.1 Å². The highest BCUT2D eigenvalue weighted by Crippen LogP contribution is 2.37. The molecule has 0 bridgehead atoms. The summed E-state index contributed by atoms with van der Waals surface area (Å²) in [6, 6.07) is 46.8. The molecule has 1 atom stereocenters. The Kier molecular flexibility index (Phi) is 10.4. The van der Waals surface area contributed by atoms with Gasteiger partial charge in [-0.05, 0) is 88.6 Å². The van der Waals surface area contributed by atoms with Crippen LogP contribution in [0.5, 0.6) is 0 Å². The molecule has 236 valence electrons. The van der Waals surface area contributed by atoms with Crippen molar-refractivity contribution < 1.29 is 14.4 Å². The van der Waals surface area contributed by atoms with Crippen LogP contribution >= 0.6 is 27.7 Å². The van der Waals surface area contributed by atoms with Crippen molar-refractivity contribution in [2.75, 3.05) is 10.6 Å². The lowest BCUT2D eigenvalue weighted by molar-refractivity contribution is -0.116. The number of carbonyl (C=O) groups excluding carboxylic acids is 3. The number of hydrogen-bond acceptors (Lipinski definition) is 4. The Morgan fingerprint density at radius 3 is 1.96 bits per heavy atom. The van der Waals surface area contributed by atoms with Gasteiger partial charge in [0.2, 0.25) is 5.91 Å². The van der Waals surface area contributed by atoms with Crippen LogP contribution in [0.1, 0.15) is 26.7 Å². The molecule has 0 saturated heterocycles. The monoisotopic (exact) mass is 711 g/mol. The zero-order chi connectivity index (χ0) is 33.3. The molecule has 3 N–H and O–H groups in total. The quantitative estimate of drug-likeness (QED) is 0.0976. The van der Waals surface area contributed by atoms with Crippen LogP contribution in [-0.4, -0.2) is 17.7 Å². The second-order valence-electron chi connectivity index (χ2n) is 10.8. The van der Waals surface area contributed by atoms with E-state index in [2.05, 4.69) is 31.9 Å². The lowest BCUT2D eigenvalue weighted by Gasteiger charge is -2.17. The summed E-state index contributed by atoms with van der Waals surface area (Å²) < 4.78 is 0.927. The van der Waals surface area contributed by atoms with E-state index in [1.54, 1.807) is 42.5 Å². The summed E-state index contributed by atoms with van der Waals surface area (Å²) in [5.41, 5.74) is 3.45. The van der Waals surface area contributed by atoms with Crippen molar-refractivity contribution in [2.45, 2.75) is 10.1 Å². The van der Waals surface area contributed by atoms with Crippen LogP contribution in [0.15, 0.2) is 167 Å². The highest BCUT2D eigenvalue weighted by Gasteiger charge is 2.23. The van der Waals surface area contributed by atoms with Crippen LogP contribution in [0.2, 0.25) is 0 Å². The van der Waals surface area contributed by atoms with Gasteiger partial charge in [-0.3, -0.25) is 14.4 Å². The van der Waals surface area contributed by atoms with Crippen LogP contribution in [0.3, 0.4) is 0 Å². The predicted octanol–water partition coefficient (Wildman–Crippen LogP) is 9.48. The molecule has 6 nitrogen and oxygen atoms in total. The second kappa shape index (κ2) is 15.4. The number of anilines is 2. The van der Waals surface area contributed by atoms with Crippen molar-refractivity contribution in [3.63, 3.8) is 0 Å². The molecule has 8 heteroatoms. The summed E-state index contributed by atoms with van der Waals surface area (Å²) in [7, 11) is 0. The molecule has 6 rings (SSSR count). The van der Waals surface area contributed by atoms with Gasteiger partial charge in [0.25, 0.3) is 11.8 Å². The molecule has 48 heavy (non-hydrogen) atoms. The molecular weight excluding hydrogens is 682 g/mol. The van der Waals surface area contributed by atoms with E-state index in [-0.39, 0.29) is 11.6 Å². The van der Waals surface area contributed by atoms with Gasteiger partial charge in [0, 0.05) is 26.3 Å². The molecule has 6 aromatic carbocycles. The Balaban J connectivity index is 1.22. The maximum absolute atomic E-state index is 13.7. The molecule has 1 unspecified atom stereocenters. The smallest absolute Gasteiger partial charge is 0.272 e. The molecule has 0 fully saturated rings. The van der Waals surface area contributed by atoms with Gasteiger partial charge in [-0.2, -0.15) is 0 Å². The summed E-state index contributed by atoms with van der Waals surface area (Å²) in [5, 5.41) is 10.2. The highest BCUT2D eigenvalue weighted by atomic mass is 79.9. The van der Waals surface area contributed by atoms with Gasteiger partial charge in [-0.1, -0.05) is 107 Å². The first kappa shape index (κ1) is 32.5. The van der Waals surface area contributed by atoms with Crippen LogP contribution in [-0.2, 0) is 9.59 Å². The molecule has 0 aliphatic heterocycles. The van der Waals surface area contributed by atoms with Crippen molar-refractivity contribution in [3.8, 4) is 0 Å². The number of hydrogen-bond donors (Lipinski definition) is 3. The number of benzene rings is 6. The molecule has 0 aliphatic carbocycles. The fourth-order valence-corrected chi connectivity index (χ4v) is 6.36. The minimum Gasteiger partial charge on any atom is -0.325 e. The number of thioether (sulfide) groups is 1. The average molecular weight is 713 g/mol. The Morgan fingerprint density at radius 2 is 1.23 bits per heavy atom. The topological polar surface area (TPSA) is 87.3 Å². The van der Waals surface area contributed by atoms with E-state index in [0.29, 0.717) is 16.9 Å². The van der Waals surface area contributed by atoms with Crippen molar-refractivity contribution >= 4 is 73.6 Å².